The van der Waals surface area contributed by atoms with E-state index in [0.717, 1.165) is 12.8 Å². The van der Waals surface area contributed by atoms with Crippen molar-refractivity contribution in [1.29, 1.82) is 0 Å². The first-order valence-corrected chi connectivity index (χ1v) is 8.32. The van der Waals surface area contributed by atoms with Crippen LogP contribution in [0.25, 0.3) is 11.1 Å². The molecule has 1 aliphatic rings. The number of isothiocyanates is 1. The summed E-state index contributed by atoms with van der Waals surface area (Å²) >= 11 is 4.57. The number of hydrogen-bond acceptors (Lipinski definition) is 4. The number of hydrogen-bond donors (Lipinski definition) is 0. The molecule has 1 fully saturated rings. The minimum atomic E-state index is -0.450. The van der Waals surface area contributed by atoms with Gasteiger partial charge in [0.25, 0.3) is 0 Å². The van der Waals surface area contributed by atoms with Crippen LogP contribution in [-0.2, 0) is 11.3 Å². The van der Waals surface area contributed by atoms with Gasteiger partial charge < -0.3 is 9.47 Å². The number of ether oxygens (including phenoxy) is 2. The first kappa shape index (κ1) is 17.7. The summed E-state index contributed by atoms with van der Waals surface area (Å²) in [6.45, 7) is 0.206. The molecule has 0 atom stereocenters. The fraction of sp³-hybridized carbons (Fsp3) is 0.316. The highest BCUT2D eigenvalue weighted by Gasteiger charge is 2.29. The second-order valence-electron chi connectivity index (χ2n) is 5.93. The molecule has 0 spiro atoms. The second kappa shape index (κ2) is 7.83. The third kappa shape index (κ3) is 4.10. The quantitative estimate of drug-likeness (QED) is 0.547. The zero-order valence-electron chi connectivity index (χ0n) is 13.7. The van der Waals surface area contributed by atoms with Crippen LogP contribution in [-0.4, -0.2) is 24.4 Å². The van der Waals surface area contributed by atoms with E-state index < -0.39 is 5.82 Å². The summed E-state index contributed by atoms with van der Waals surface area (Å²) in [5.74, 6) is -0.675. The van der Waals surface area contributed by atoms with Gasteiger partial charge in [0.05, 0.1) is 31.0 Å². The Morgan fingerprint density at radius 3 is 2.52 bits per heavy atom. The molecule has 0 radical (unpaired) electrons. The normalized spacial score (nSPS) is 19.0. The molecule has 2 aromatic carbocycles. The smallest absolute Gasteiger partial charge is 0.165 e. The predicted molar refractivity (Wildman–Crippen MR) is 95.0 cm³/mol. The third-order valence-electron chi connectivity index (χ3n) is 4.32. The van der Waals surface area contributed by atoms with Crippen molar-refractivity contribution in [3.63, 3.8) is 0 Å². The lowest BCUT2D eigenvalue weighted by molar-refractivity contribution is -0.0192. The molecular weight excluding hydrogens is 344 g/mol. The van der Waals surface area contributed by atoms with Crippen LogP contribution < -0.4 is 4.74 Å². The van der Waals surface area contributed by atoms with E-state index in [1.54, 1.807) is 24.3 Å². The predicted octanol–water partition coefficient (Wildman–Crippen LogP) is 4.79. The highest BCUT2D eigenvalue weighted by molar-refractivity contribution is 7.78. The number of aliphatic imine (C=N–C) groups is 1. The van der Waals surface area contributed by atoms with Gasteiger partial charge >= 0.3 is 0 Å². The molecular formula is C19H17F2NO2S. The molecule has 0 saturated heterocycles. The average molecular weight is 361 g/mol. The van der Waals surface area contributed by atoms with Crippen LogP contribution in [0.4, 0.5) is 8.78 Å². The molecule has 1 aliphatic carbocycles. The monoisotopic (exact) mass is 361 g/mol. The van der Waals surface area contributed by atoms with Crippen LogP contribution in [0.1, 0.15) is 18.4 Å². The van der Waals surface area contributed by atoms with Gasteiger partial charge in [0.2, 0.25) is 0 Å². The van der Waals surface area contributed by atoms with Crippen LogP contribution in [0.2, 0.25) is 0 Å². The molecule has 3 nitrogen and oxygen atoms in total. The van der Waals surface area contributed by atoms with Gasteiger partial charge in [-0.1, -0.05) is 18.2 Å². The van der Waals surface area contributed by atoms with E-state index in [-0.39, 0.29) is 30.3 Å². The second-order valence-corrected chi connectivity index (χ2v) is 6.12. The van der Waals surface area contributed by atoms with Crippen LogP contribution in [0.5, 0.6) is 5.75 Å². The van der Waals surface area contributed by atoms with E-state index in [9.17, 15) is 8.78 Å². The van der Waals surface area contributed by atoms with E-state index in [1.807, 2.05) is 0 Å². The Labute approximate surface area is 150 Å². The van der Waals surface area contributed by atoms with Crippen molar-refractivity contribution in [3.8, 4) is 16.9 Å². The Balaban J connectivity index is 1.66. The molecule has 2 aromatic rings. The number of rotatable bonds is 6. The summed E-state index contributed by atoms with van der Waals surface area (Å²) in [5, 5.41) is 2.37. The van der Waals surface area contributed by atoms with Crippen LogP contribution in [0.15, 0.2) is 41.4 Å². The number of thiocarbonyl (C=S) groups is 1. The summed E-state index contributed by atoms with van der Waals surface area (Å²) in [6.07, 6.45) is 1.66. The van der Waals surface area contributed by atoms with Crippen molar-refractivity contribution in [2.45, 2.75) is 31.6 Å². The molecule has 0 heterocycles. The highest BCUT2D eigenvalue weighted by atomic mass is 32.1. The summed E-state index contributed by atoms with van der Waals surface area (Å²) < 4.78 is 38.5. The average Bonchev–Trinajstić information content (AvgIpc) is 2.58. The summed E-state index contributed by atoms with van der Waals surface area (Å²) in [4.78, 5) is 3.99. The maximum atomic E-state index is 14.3. The van der Waals surface area contributed by atoms with Crippen LogP contribution in [0.3, 0.4) is 0 Å². The van der Waals surface area contributed by atoms with E-state index >= 15 is 0 Å². The molecule has 130 valence electrons. The number of methoxy groups -OCH3 is 1. The van der Waals surface area contributed by atoms with Crippen LogP contribution in [0, 0.1) is 11.6 Å². The lowest BCUT2D eigenvalue weighted by Gasteiger charge is -2.31. The van der Waals surface area contributed by atoms with Crippen LogP contribution >= 0.6 is 12.2 Å². The highest BCUT2D eigenvalue weighted by Crippen LogP contribution is 2.29. The summed E-state index contributed by atoms with van der Waals surface area (Å²) in [5.41, 5.74) is 1.82. The topological polar surface area (TPSA) is 30.8 Å². The van der Waals surface area contributed by atoms with E-state index in [2.05, 4.69) is 22.4 Å². The Morgan fingerprint density at radius 2 is 1.84 bits per heavy atom. The minimum Gasteiger partial charge on any atom is -0.494 e. The molecule has 0 amide bonds. The van der Waals surface area contributed by atoms with Gasteiger partial charge in [-0.3, -0.25) is 0 Å². The number of benzene rings is 2. The van der Waals surface area contributed by atoms with Crippen molar-refractivity contribution in [2.75, 3.05) is 7.11 Å². The molecule has 0 aromatic heterocycles. The van der Waals surface area contributed by atoms with Gasteiger partial charge in [-0.05, 0) is 54.4 Å². The summed E-state index contributed by atoms with van der Waals surface area (Å²) in [7, 11) is 1.40. The van der Waals surface area contributed by atoms with Crippen molar-refractivity contribution >= 4 is 17.4 Å². The zero-order chi connectivity index (χ0) is 17.8. The Hall–Kier alpha value is -2.14. The van der Waals surface area contributed by atoms with Crippen molar-refractivity contribution in [1.82, 2.24) is 0 Å². The molecule has 0 unspecified atom stereocenters. The first-order chi connectivity index (χ1) is 12.1. The molecule has 0 aliphatic heterocycles. The summed E-state index contributed by atoms with van der Waals surface area (Å²) in [6, 6.07) is 9.52. The van der Waals surface area contributed by atoms with E-state index in [1.165, 1.54) is 19.2 Å². The molecule has 0 bridgehead atoms. The van der Waals surface area contributed by atoms with E-state index in [4.69, 9.17) is 9.47 Å². The maximum absolute atomic E-state index is 14.3. The molecule has 3 rings (SSSR count). The standard InChI is InChI=1S/C19H17F2NO2S/c1-23-19-7-13(4-5-17(19)20)12-2-3-14(18(21)6-12)10-24-16-8-15(9-16)22-11-25/h2-7,15-16H,8-10H2,1H3. The van der Waals surface area contributed by atoms with Gasteiger partial charge in [0, 0.05) is 5.56 Å². The molecule has 0 N–H and O–H groups in total. The lowest BCUT2D eigenvalue weighted by atomic mass is 9.90. The van der Waals surface area contributed by atoms with Crippen molar-refractivity contribution in [2.24, 2.45) is 4.99 Å². The number of halogens is 2. The van der Waals surface area contributed by atoms with Gasteiger partial charge in [0.15, 0.2) is 11.6 Å². The van der Waals surface area contributed by atoms with E-state index in [0.29, 0.717) is 16.7 Å². The number of nitrogens with zero attached hydrogens (tertiary/aromatic N) is 1. The van der Waals surface area contributed by atoms with Gasteiger partial charge in [-0.25, -0.2) is 13.8 Å². The van der Waals surface area contributed by atoms with Gasteiger partial charge in [-0.2, -0.15) is 0 Å². The Kier molecular flexibility index (Phi) is 5.53. The Bertz CT molecular complexity index is 815. The molecule has 1 saturated carbocycles. The molecule has 6 heteroatoms. The SMILES string of the molecule is COc1cc(-c2ccc(COC3CC(N=C=S)C3)c(F)c2)ccc1F. The lowest BCUT2D eigenvalue weighted by Crippen LogP contribution is -2.34. The van der Waals surface area contributed by atoms with Gasteiger partial charge in [0.1, 0.15) is 5.82 Å². The van der Waals surface area contributed by atoms with Crippen molar-refractivity contribution < 1.29 is 18.3 Å². The molecule has 25 heavy (non-hydrogen) atoms. The third-order valence-corrected chi connectivity index (χ3v) is 4.42. The zero-order valence-corrected chi connectivity index (χ0v) is 14.5. The van der Waals surface area contributed by atoms with Crippen molar-refractivity contribution in [3.05, 3.63) is 53.6 Å². The fourth-order valence-corrected chi connectivity index (χ4v) is 2.89. The maximum Gasteiger partial charge on any atom is 0.165 e. The Morgan fingerprint density at radius 1 is 1.12 bits per heavy atom. The van der Waals surface area contributed by atoms with Gasteiger partial charge in [-0.15, -0.1) is 0 Å². The fourth-order valence-electron chi connectivity index (χ4n) is 2.74. The minimum absolute atomic E-state index is 0.0811. The largest absolute Gasteiger partial charge is 0.494 e. The first-order valence-electron chi connectivity index (χ1n) is 7.91.